The Hall–Kier alpha value is -1.55. The number of hydrogen-bond acceptors (Lipinski definition) is 1. The van der Waals surface area contributed by atoms with Crippen molar-refractivity contribution in [2.24, 2.45) is 0 Å². The van der Waals surface area contributed by atoms with Gasteiger partial charge in [-0.05, 0) is 15.9 Å². The summed E-state index contributed by atoms with van der Waals surface area (Å²) >= 11 is 2.29. The molecule has 2 aromatic carbocycles. The number of carbonyl (C=O) groups is 1. The van der Waals surface area contributed by atoms with Gasteiger partial charge in [0.15, 0.2) is 5.78 Å². The third kappa shape index (κ3) is 2.64. The first-order valence-electron chi connectivity index (χ1n) is 5.26. The Bertz CT molecular complexity index is 562. The molecule has 2 aromatic rings. The van der Waals surface area contributed by atoms with Crippen molar-refractivity contribution >= 4 is 21.7 Å². The Morgan fingerprint density at radius 1 is 0.944 bits per heavy atom. The van der Waals surface area contributed by atoms with E-state index in [0.717, 1.165) is 0 Å². The fraction of sp³-hybridized carbons (Fsp3) is 0.0714. The predicted octanol–water partition coefficient (Wildman–Crippen LogP) is 4.36. The third-order valence-electron chi connectivity index (χ3n) is 2.51. The molecule has 18 heavy (non-hydrogen) atoms. The fourth-order valence-electron chi connectivity index (χ4n) is 1.67. The molecule has 0 fully saturated rings. The van der Waals surface area contributed by atoms with Gasteiger partial charge in [0.2, 0.25) is 0 Å². The highest BCUT2D eigenvalue weighted by Crippen LogP contribution is 2.37. The number of rotatable bonds is 3. The average Bonchev–Trinajstić information content (AvgIpc) is 2.38. The van der Waals surface area contributed by atoms with E-state index in [-0.39, 0.29) is 11.1 Å². The Balaban J connectivity index is 2.50. The summed E-state index contributed by atoms with van der Waals surface area (Å²) in [5.74, 6) is -0.412. The quantitative estimate of drug-likeness (QED) is 0.608. The molecule has 4 heteroatoms. The van der Waals surface area contributed by atoms with E-state index in [1.807, 2.05) is 0 Å². The SMILES string of the molecule is O=C(c1ccccc1)c1ccccc1C(F)(F)Br. The maximum absolute atomic E-state index is 13.4. The molecule has 0 bridgehead atoms. The second kappa shape index (κ2) is 4.98. The minimum Gasteiger partial charge on any atom is -0.289 e. The van der Waals surface area contributed by atoms with Crippen LogP contribution in [-0.4, -0.2) is 5.78 Å². The summed E-state index contributed by atoms with van der Waals surface area (Å²) in [6.07, 6.45) is 0. The topological polar surface area (TPSA) is 17.1 Å². The van der Waals surface area contributed by atoms with Crippen molar-refractivity contribution in [3.8, 4) is 0 Å². The molecule has 0 aliphatic rings. The molecule has 0 saturated carbocycles. The lowest BCUT2D eigenvalue weighted by Gasteiger charge is -2.13. The van der Waals surface area contributed by atoms with E-state index >= 15 is 0 Å². The van der Waals surface area contributed by atoms with Gasteiger partial charge < -0.3 is 0 Å². The van der Waals surface area contributed by atoms with Crippen LogP contribution in [0.3, 0.4) is 0 Å². The van der Waals surface area contributed by atoms with Crippen LogP contribution in [0.4, 0.5) is 8.78 Å². The van der Waals surface area contributed by atoms with Gasteiger partial charge in [-0.1, -0.05) is 54.6 Å². The van der Waals surface area contributed by atoms with Crippen molar-refractivity contribution in [2.75, 3.05) is 0 Å². The van der Waals surface area contributed by atoms with E-state index in [2.05, 4.69) is 15.9 Å². The minimum atomic E-state index is -3.21. The van der Waals surface area contributed by atoms with Crippen molar-refractivity contribution in [3.63, 3.8) is 0 Å². The molecule has 0 aromatic heterocycles. The molecule has 1 nitrogen and oxygen atoms in total. The molecule has 0 saturated heterocycles. The molecule has 92 valence electrons. The van der Waals surface area contributed by atoms with E-state index in [1.165, 1.54) is 18.2 Å². The summed E-state index contributed by atoms with van der Waals surface area (Å²) in [7, 11) is 0. The molecular weight excluding hydrogens is 302 g/mol. The first-order chi connectivity index (χ1) is 8.50. The first-order valence-corrected chi connectivity index (χ1v) is 6.05. The Morgan fingerprint density at radius 3 is 2.11 bits per heavy atom. The van der Waals surface area contributed by atoms with E-state index in [4.69, 9.17) is 0 Å². The van der Waals surface area contributed by atoms with Gasteiger partial charge in [-0.25, -0.2) is 0 Å². The standard InChI is InChI=1S/C14H9BrF2O/c15-14(16,17)12-9-5-4-8-11(12)13(18)10-6-2-1-3-7-10/h1-9H. The second-order valence-electron chi connectivity index (χ2n) is 3.74. The summed E-state index contributed by atoms with van der Waals surface area (Å²) < 4.78 is 26.7. The number of halogens is 3. The van der Waals surface area contributed by atoms with Gasteiger partial charge >= 0.3 is 4.83 Å². The van der Waals surface area contributed by atoms with Crippen LogP contribution in [0.2, 0.25) is 0 Å². The maximum Gasteiger partial charge on any atom is 0.327 e. The lowest BCUT2D eigenvalue weighted by Crippen LogP contribution is -2.12. The van der Waals surface area contributed by atoms with Gasteiger partial charge in [0.1, 0.15) is 0 Å². The van der Waals surface area contributed by atoms with Crippen LogP contribution in [0.1, 0.15) is 21.5 Å². The molecule has 0 aliphatic carbocycles. The molecule has 0 unspecified atom stereocenters. The molecule has 0 aliphatic heterocycles. The average molecular weight is 311 g/mol. The van der Waals surface area contributed by atoms with Crippen LogP contribution in [0, 0.1) is 0 Å². The lowest BCUT2D eigenvalue weighted by molar-refractivity contribution is 0.0987. The zero-order chi connectivity index (χ0) is 13.2. The van der Waals surface area contributed by atoms with Crippen LogP contribution in [0.25, 0.3) is 0 Å². The lowest BCUT2D eigenvalue weighted by atomic mass is 9.98. The van der Waals surface area contributed by atoms with Crippen molar-refractivity contribution < 1.29 is 13.6 Å². The normalized spacial score (nSPS) is 11.3. The monoisotopic (exact) mass is 310 g/mol. The van der Waals surface area contributed by atoms with Crippen LogP contribution >= 0.6 is 15.9 Å². The molecule has 0 atom stereocenters. The third-order valence-corrected chi connectivity index (χ3v) is 2.94. The van der Waals surface area contributed by atoms with E-state index in [0.29, 0.717) is 5.56 Å². The zero-order valence-electron chi connectivity index (χ0n) is 9.24. The highest BCUT2D eigenvalue weighted by molar-refractivity contribution is 9.09. The van der Waals surface area contributed by atoms with Crippen molar-refractivity contribution in [2.45, 2.75) is 4.83 Å². The van der Waals surface area contributed by atoms with Crippen molar-refractivity contribution in [1.82, 2.24) is 0 Å². The van der Waals surface area contributed by atoms with Crippen LogP contribution in [0.5, 0.6) is 0 Å². The van der Waals surface area contributed by atoms with Crippen molar-refractivity contribution in [1.29, 1.82) is 0 Å². The summed E-state index contributed by atoms with van der Waals surface area (Å²) in [5.41, 5.74) is 0.0751. The number of carbonyl (C=O) groups excluding carboxylic acids is 1. The van der Waals surface area contributed by atoms with Crippen LogP contribution in [-0.2, 0) is 4.83 Å². The number of alkyl halides is 3. The number of hydrogen-bond donors (Lipinski definition) is 0. The molecule has 0 radical (unpaired) electrons. The highest BCUT2D eigenvalue weighted by Gasteiger charge is 2.31. The highest BCUT2D eigenvalue weighted by atomic mass is 79.9. The maximum atomic E-state index is 13.4. The van der Waals surface area contributed by atoms with E-state index in [9.17, 15) is 13.6 Å². The van der Waals surface area contributed by atoms with E-state index < -0.39 is 10.6 Å². The minimum absolute atomic E-state index is 0.00516. The van der Waals surface area contributed by atoms with Gasteiger partial charge in [-0.2, -0.15) is 8.78 Å². The molecule has 0 N–H and O–H groups in total. The Morgan fingerprint density at radius 2 is 1.50 bits per heavy atom. The summed E-state index contributed by atoms with van der Waals surface area (Å²) in [6.45, 7) is 0. The first kappa shape index (κ1) is 12.9. The Labute approximate surface area is 112 Å². The molecule has 2 rings (SSSR count). The van der Waals surface area contributed by atoms with Gasteiger partial charge in [0.05, 0.1) is 0 Å². The number of benzene rings is 2. The molecule has 0 spiro atoms. The van der Waals surface area contributed by atoms with Gasteiger partial charge in [-0.15, -0.1) is 0 Å². The summed E-state index contributed by atoms with van der Waals surface area (Å²) in [4.78, 5) is 8.95. The molecular formula is C14H9BrF2O. The van der Waals surface area contributed by atoms with Gasteiger partial charge in [-0.3, -0.25) is 4.79 Å². The van der Waals surface area contributed by atoms with Crippen molar-refractivity contribution in [3.05, 3.63) is 71.3 Å². The summed E-state index contributed by atoms with van der Waals surface area (Å²) in [5, 5.41) is 0. The van der Waals surface area contributed by atoms with E-state index in [1.54, 1.807) is 36.4 Å². The van der Waals surface area contributed by atoms with Gasteiger partial charge in [0.25, 0.3) is 0 Å². The smallest absolute Gasteiger partial charge is 0.289 e. The number of ketones is 1. The summed E-state index contributed by atoms with van der Waals surface area (Å²) in [6, 6.07) is 14.1. The second-order valence-corrected chi connectivity index (χ2v) is 4.73. The zero-order valence-corrected chi connectivity index (χ0v) is 10.8. The predicted molar refractivity (Wildman–Crippen MR) is 69.1 cm³/mol. The molecule has 0 amide bonds. The Kier molecular flexibility index (Phi) is 3.57. The fourth-order valence-corrected chi connectivity index (χ4v) is 2.02. The molecule has 0 heterocycles. The largest absolute Gasteiger partial charge is 0.327 e. The van der Waals surface area contributed by atoms with Crippen LogP contribution < -0.4 is 0 Å². The van der Waals surface area contributed by atoms with Crippen LogP contribution in [0.15, 0.2) is 54.6 Å². The van der Waals surface area contributed by atoms with Gasteiger partial charge in [0, 0.05) is 16.7 Å².